The summed E-state index contributed by atoms with van der Waals surface area (Å²) in [6.45, 7) is 2.15. The minimum atomic E-state index is -0.675. The number of esters is 1. The molecule has 3 aliphatic rings. The first kappa shape index (κ1) is 17.1. The third-order valence-electron chi connectivity index (χ3n) is 4.36. The van der Waals surface area contributed by atoms with Crippen molar-refractivity contribution in [1.29, 1.82) is 0 Å². The summed E-state index contributed by atoms with van der Waals surface area (Å²) in [7, 11) is 0. The van der Waals surface area contributed by atoms with Crippen molar-refractivity contribution in [3.05, 3.63) is 28.4 Å². The molecule has 0 bridgehead atoms. The van der Waals surface area contributed by atoms with Crippen LogP contribution >= 0.6 is 23.1 Å². The smallest absolute Gasteiger partial charge is 0.355 e. The summed E-state index contributed by atoms with van der Waals surface area (Å²) in [6, 6.07) is -0.675. The zero-order valence-corrected chi connectivity index (χ0v) is 15.5. The number of carbonyl (C=O) groups excluding carboxylic acids is 3. The van der Waals surface area contributed by atoms with E-state index in [1.165, 1.54) is 28.0 Å². The van der Waals surface area contributed by atoms with E-state index in [-0.39, 0.29) is 23.8 Å². The fraction of sp³-hybridized carbons (Fsp3) is 0.375. The van der Waals surface area contributed by atoms with Crippen molar-refractivity contribution in [3.63, 3.8) is 0 Å². The van der Waals surface area contributed by atoms with Crippen molar-refractivity contribution >= 4 is 51.6 Å². The number of allylic oxidation sites excluding steroid dienone is 1. The highest BCUT2D eigenvalue weighted by molar-refractivity contribution is 8.00. The molecule has 1 fully saturated rings. The van der Waals surface area contributed by atoms with Gasteiger partial charge in [-0.1, -0.05) is 13.0 Å². The van der Waals surface area contributed by atoms with Crippen LogP contribution in [0, 0.1) is 0 Å². The molecule has 0 radical (unpaired) electrons. The molecule has 1 saturated heterocycles. The average molecular weight is 392 g/mol. The summed E-state index contributed by atoms with van der Waals surface area (Å²) >= 11 is 2.77. The minimum absolute atomic E-state index is 0.239. The summed E-state index contributed by atoms with van der Waals surface area (Å²) in [6.07, 6.45) is 2.40. The molecule has 1 aromatic rings. The molecule has 0 aliphatic carbocycles. The van der Waals surface area contributed by atoms with E-state index >= 15 is 0 Å². The Morgan fingerprint density at radius 2 is 2.35 bits per heavy atom. The number of anilines is 1. The zero-order chi connectivity index (χ0) is 18.4. The summed E-state index contributed by atoms with van der Waals surface area (Å²) < 4.78 is 5.01. The number of nitrogens with one attached hydrogen (secondary N) is 1. The average Bonchev–Trinajstić information content (AvgIpc) is 3.22. The van der Waals surface area contributed by atoms with Crippen LogP contribution in [0.2, 0.25) is 0 Å². The Balaban J connectivity index is 1.51. The van der Waals surface area contributed by atoms with E-state index in [0.717, 1.165) is 5.57 Å². The van der Waals surface area contributed by atoms with Gasteiger partial charge in [0.15, 0.2) is 5.13 Å². The number of carbonyl (C=O) groups is 3. The molecule has 1 aromatic heterocycles. The Kier molecular flexibility index (Phi) is 4.23. The van der Waals surface area contributed by atoms with Crippen LogP contribution < -0.4 is 11.1 Å². The molecular weight excluding hydrogens is 376 g/mol. The van der Waals surface area contributed by atoms with Crippen molar-refractivity contribution in [2.45, 2.75) is 24.8 Å². The maximum atomic E-state index is 12.7. The van der Waals surface area contributed by atoms with Gasteiger partial charge in [-0.05, 0) is 6.42 Å². The molecule has 2 atom stereocenters. The normalized spacial score (nSPS) is 24.8. The number of nitrogens with two attached hydrogens (primary N) is 1. The molecule has 4 heterocycles. The van der Waals surface area contributed by atoms with E-state index in [2.05, 4.69) is 10.3 Å². The predicted octanol–water partition coefficient (Wildman–Crippen LogP) is 0.729. The lowest BCUT2D eigenvalue weighted by Gasteiger charge is -2.48. The standard InChI is InChI=1S/C16H16N4O4S2/c1-2-3-8(9-6-26-16(17)18-9)12(21)19-10-13(22)20-11-7(4-24-15(11)23)5-25-14(10)20/h3,6,10,14H,2,4-5H2,1H3,(H2,17,18)(H,19,21)/b8-3-/t10-,14+/m1/s1. The monoisotopic (exact) mass is 392 g/mol. The molecule has 3 N–H and O–H groups in total. The Morgan fingerprint density at radius 1 is 1.54 bits per heavy atom. The first-order valence-corrected chi connectivity index (χ1v) is 10.00. The number of cyclic esters (lactones) is 1. The molecule has 2 amide bonds. The fourth-order valence-electron chi connectivity index (χ4n) is 3.15. The van der Waals surface area contributed by atoms with Gasteiger partial charge in [-0.3, -0.25) is 14.5 Å². The third-order valence-corrected chi connectivity index (χ3v) is 6.37. The van der Waals surface area contributed by atoms with Gasteiger partial charge in [0, 0.05) is 16.7 Å². The van der Waals surface area contributed by atoms with Crippen molar-refractivity contribution in [1.82, 2.24) is 15.2 Å². The van der Waals surface area contributed by atoms with Crippen molar-refractivity contribution in [2.75, 3.05) is 18.1 Å². The van der Waals surface area contributed by atoms with Crippen molar-refractivity contribution < 1.29 is 19.1 Å². The van der Waals surface area contributed by atoms with Crippen molar-refractivity contribution in [3.8, 4) is 0 Å². The van der Waals surface area contributed by atoms with Crippen LogP contribution in [0.25, 0.3) is 5.57 Å². The molecule has 0 spiro atoms. The van der Waals surface area contributed by atoms with Gasteiger partial charge in [-0.2, -0.15) is 0 Å². The van der Waals surface area contributed by atoms with E-state index < -0.39 is 12.0 Å². The van der Waals surface area contributed by atoms with Crippen LogP contribution in [0.4, 0.5) is 5.13 Å². The number of hydrogen-bond acceptors (Lipinski definition) is 8. The highest BCUT2D eigenvalue weighted by atomic mass is 32.2. The van der Waals surface area contributed by atoms with Gasteiger partial charge < -0.3 is 15.8 Å². The largest absolute Gasteiger partial charge is 0.456 e. The number of nitrogen functional groups attached to an aromatic ring is 1. The SMILES string of the molecule is CC/C=C(\C(=O)N[C@@H]1C(=O)N2C3=C(COC3=O)CS[C@@H]12)c1csc(N)n1. The Hall–Kier alpha value is -2.33. The van der Waals surface area contributed by atoms with Crippen LogP contribution in [0.1, 0.15) is 19.0 Å². The molecule has 4 rings (SSSR count). The Bertz CT molecular complexity index is 875. The lowest BCUT2D eigenvalue weighted by atomic mass is 10.0. The minimum Gasteiger partial charge on any atom is -0.456 e. The van der Waals surface area contributed by atoms with Crippen molar-refractivity contribution in [2.24, 2.45) is 0 Å². The second-order valence-corrected chi connectivity index (χ2v) is 7.98. The van der Waals surface area contributed by atoms with E-state index in [9.17, 15) is 14.4 Å². The van der Waals surface area contributed by atoms with Gasteiger partial charge in [-0.25, -0.2) is 9.78 Å². The van der Waals surface area contributed by atoms with Crippen LogP contribution in [0.5, 0.6) is 0 Å². The second kappa shape index (κ2) is 6.44. The molecule has 0 aromatic carbocycles. The Morgan fingerprint density at radius 3 is 3.04 bits per heavy atom. The molecule has 3 aliphatic heterocycles. The van der Waals surface area contributed by atoms with Crippen LogP contribution in [-0.2, 0) is 19.1 Å². The molecule has 0 unspecified atom stereocenters. The van der Waals surface area contributed by atoms with Gasteiger partial charge in [0.05, 0.1) is 11.3 Å². The fourth-order valence-corrected chi connectivity index (χ4v) is 5.04. The molecule has 0 saturated carbocycles. The van der Waals surface area contributed by atoms with E-state index in [4.69, 9.17) is 10.5 Å². The van der Waals surface area contributed by atoms with Crippen LogP contribution in [0.3, 0.4) is 0 Å². The number of β-lactam (4-membered cyclic amide) rings is 1. The number of ether oxygens (including phenoxy) is 1. The molecule has 8 nitrogen and oxygen atoms in total. The molecular formula is C16H16N4O4S2. The van der Waals surface area contributed by atoms with Crippen LogP contribution in [-0.4, -0.2) is 51.4 Å². The van der Waals surface area contributed by atoms with E-state index in [1.807, 2.05) is 6.92 Å². The molecule has 136 valence electrons. The van der Waals surface area contributed by atoms with Gasteiger partial charge in [-0.15, -0.1) is 23.1 Å². The summed E-state index contributed by atoms with van der Waals surface area (Å²) in [5, 5.41) is 4.58. The number of fused-ring (bicyclic) bond motifs is 2. The van der Waals surface area contributed by atoms with Gasteiger partial charge in [0.25, 0.3) is 11.8 Å². The lowest BCUT2D eigenvalue weighted by molar-refractivity contribution is -0.150. The highest BCUT2D eigenvalue weighted by Gasteiger charge is 2.55. The first-order valence-electron chi connectivity index (χ1n) is 8.07. The lowest BCUT2D eigenvalue weighted by Crippen LogP contribution is -2.70. The number of amides is 2. The Labute approximate surface area is 157 Å². The second-order valence-electron chi connectivity index (χ2n) is 5.99. The number of aromatic nitrogens is 1. The summed E-state index contributed by atoms with van der Waals surface area (Å²) in [5.41, 5.74) is 7.73. The first-order chi connectivity index (χ1) is 12.5. The third kappa shape index (κ3) is 2.60. The number of hydrogen-bond donors (Lipinski definition) is 2. The number of rotatable bonds is 4. The summed E-state index contributed by atoms with van der Waals surface area (Å²) in [4.78, 5) is 42.7. The number of thioether (sulfide) groups is 1. The zero-order valence-electron chi connectivity index (χ0n) is 13.9. The molecule has 10 heteroatoms. The van der Waals surface area contributed by atoms with E-state index in [1.54, 1.807) is 11.5 Å². The van der Waals surface area contributed by atoms with Crippen LogP contribution in [0.15, 0.2) is 22.7 Å². The number of nitrogens with zero attached hydrogens (tertiary/aromatic N) is 2. The topological polar surface area (TPSA) is 115 Å². The maximum Gasteiger partial charge on any atom is 0.355 e. The quantitative estimate of drug-likeness (QED) is 0.441. The van der Waals surface area contributed by atoms with Gasteiger partial charge in [0.2, 0.25) is 0 Å². The summed E-state index contributed by atoms with van der Waals surface area (Å²) in [5.74, 6) is -0.518. The maximum absolute atomic E-state index is 12.7. The van der Waals surface area contributed by atoms with Gasteiger partial charge in [0.1, 0.15) is 23.7 Å². The predicted molar refractivity (Wildman–Crippen MR) is 97.8 cm³/mol. The molecule has 26 heavy (non-hydrogen) atoms. The van der Waals surface area contributed by atoms with E-state index in [0.29, 0.717) is 34.3 Å². The van der Waals surface area contributed by atoms with Gasteiger partial charge >= 0.3 is 5.97 Å². The number of thiazole rings is 1. The highest BCUT2D eigenvalue weighted by Crippen LogP contribution is 2.42.